The number of ether oxygens (including phenoxy) is 1. The molecule has 1 atom stereocenters. The summed E-state index contributed by atoms with van der Waals surface area (Å²) in [5.41, 5.74) is 2.13. The molecule has 0 fully saturated rings. The fourth-order valence-corrected chi connectivity index (χ4v) is 2.12. The van der Waals surface area contributed by atoms with Crippen molar-refractivity contribution < 1.29 is 13.9 Å². The molecule has 0 saturated carbocycles. The Morgan fingerprint density at radius 2 is 1.95 bits per heavy atom. The summed E-state index contributed by atoms with van der Waals surface area (Å²) in [6, 6.07) is 13.7. The van der Waals surface area contributed by atoms with Crippen molar-refractivity contribution in [2.24, 2.45) is 0 Å². The number of halogens is 1. The number of amides is 1. The molecule has 2 rings (SSSR count). The Balaban J connectivity index is 1.76. The summed E-state index contributed by atoms with van der Waals surface area (Å²) < 4.78 is 18.2. The maximum atomic E-state index is 12.7. The minimum atomic E-state index is -0.298. The standard InChI is InChI=1S/C18H20FNO2/c1-13-4-3-5-15(12-13)14(2)18(21)20-10-11-22-17-8-6-16(19)7-9-17/h3-9,12,14H,10-11H2,1-2H3,(H,20,21). The van der Waals surface area contributed by atoms with E-state index in [4.69, 9.17) is 4.74 Å². The van der Waals surface area contributed by atoms with E-state index < -0.39 is 0 Å². The zero-order chi connectivity index (χ0) is 15.9. The average Bonchev–Trinajstić information content (AvgIpc) is 2.52. The van der Waals surface area contributed by atoms with Gasteiger partial charge in [-0.2, -0.15) is 0 Å². The summed E-state index contributed by atoms with van der Waals surface area (Å²) >= 11 is 0. The number of hydrogen-bond donors (Lipinski definition) is 1. The maximum Gasteiger partial charge on any atom is 0.227 e. The molecular weight excluding hydrogens is 281 g/mol. The third-order valence-electron chi connectivity index (χ3n) is 3.42. The normalized spacial score (nSPS) is 11.8. The van der Waals surface area contributed by atoms with Crippen molar-refractivity contribution in [2.45, 2.75) is 19.8 Å². The lowest BCUT2D eigenvalue weighted by Crippen LogP contribution is -2.31. The van der Waals surface area contributed by atoms with Gasteiger partial charge in [0.1, 0.15) is 18.2 Å². The summed E-state index contributed by atoms with van der Waals surface area (Å²) in [6.45, 7) is 4.64. The van der Waals surface area contributed by atoms with Gasteiger partial charge in [-0.15, -0.1) is 0 Å². The van der Waals surface area contributed by atoms with E-state index in [1.54, 1.807) is 12.1 Å². The van der Waals surface area contributed by atoms with E-state index in [9.17, 15) is 9.18 Å². The first-order valence-electron chi connectivity index (χ1n) is 7.29. The van der Waals surface area contributed by atoms with Crippen LogP contribution >= 0.6 is 0 Å². The van der Waals surface area contributed by atoms with Gasteiger partial charge in [-0.25, -0.2) is 4.39 Å². The Labute approximate surface area is 130 Å². The van der Waals surface area contributed by atoms with E-state index in [1.165, 1.54) is 12.1 Å². The molecule has 0 saturated heterocycles. The van der Waals surface area contributed by atoms with Crippen molar-refractivity contribution >= 4 is 5.91 Å². The van der Waals surface area contributed by atoms with E-state index in [-0.39, 0.29) is 17.6 Å². The molecule has 0 spiro atoms. The predicted octanol–water partition coefficient (Wildman–Crippen LogP) is 3.43. The molecule has 0 aromatic heterocycles. The van der Waals surface area contributed by atoms with Crippen molar-refractivity contribution in [3.63, 3.8) is 0 Å². The summed E-state index contributed by atoms with van der Waals surface area (Å²) in [4.78, 5) is 12.1. The molecule has 1 amide bonds. The van der Waals surface area contributed by atoms with Gasteiger partial charge < -0.3 is 10.1 Å². The number of aryl methyl sites for hydroxylation is 1. The van der Waals surface area contributed by atoms with Crippen LogP contribution in [-0.2, 0) is 4.79 Å². The van der Waals surface area contributed by atoms with Crippen LogP contribution in [0.3, 0.4) is 0 Å². The SMILES string of the molecule is Cc1cccc(C(C)C(=O)NCCOc2ccc(F)cc2)c1. The lowest BCUT2D eigenvalue weighted by molar-refractivity contribution is -0.122. The monoisotopic (exact) mass is 301 g/mol. The molecule has 116 valence electrons. The lowest BCUT2D eigenvalue weighted by atomic mass is 9.99. The molecule has 1 unspecified atom stereocenters. The van der Waals surface area contributed by atoms with Crippen LogP contribution in [0.4, 0.5) is 4.39 Å². The van der Waals surface area contributed by atoms with E-state index in [0.29, 0.717) is 18.9 Å². The molecule has 2 aromatic rings. The van der Waals surface area contributed by atoms with Gasteiger partial charge >= 0.3 is 0 Å². The van der Waals surface area contributed by atoms with E-state index in [2.05, 4.69) is 5.32 Å². The Morgan fingerprint density at radius 3 is 2.64 bits per heavy atom. The van der Waals surface area contributed by atoms with Crippen molar-refractivity contribution in [1.29, 1.82) is 0 Å². The second-order valence-corrected chi connectivity index (χ2v) is 5.23. The van der Waals surface area contributed by atoms with Gasteiger partial charge in [0.25, 0.3) is 0 Å². The van der Waals surface area contributed by atoms with Crippen LogP contribution in [0.15, 0.2) is 48.5 Å². The molecule has 0 aliphatic rings. The lowest BCUT2D eigenvalue weighted by Gasteiger charge is -2.13. The highest BCUT2D eigenvalue weighted by Gasteiger charge is 2.14. The zero-order valence-electron chi connectivity index (χ0n) is 12.8. The molecule has 2 aromatic carbocycles. The van der Waals surface area contributed by atoms with Crippen molar-refractivity contribution in [3.05, 3.63) is 65.5 Å². The second-order valence-electron chi connectivity index (χ2n) is 5.23. The number of benzene rings is 2. The number of hydrogen-bond acceptors (Lipinski definition) is 2. The highest BCUT2D eigenvalue weighted by molar-refractivity contribution is 5.83. The highest BCUT2D eigenvalue weighted by atomic mass is 19.1. The molecule has 0 aliphatic heterocycles. The molecule has 0 heterocycles. The van der Waals surface area contributed by atoms with Crippen LogP contribution in [0.1, 0.15) is 24.0 Å². The molecule has 0 bridgehead atoms. The van der Waals surface area contributed by atoms with Gasteiger partial charge in [-0.3, -0.25) is 4.79 Å². The summed E-state index contributed by atoms with van der Waals surface area (Å²) in [6.07, 6.45) is 0. The Hall–Kier alpha value is -2.36. The first-order valence-corrected chi connectivity index (χ1v) is 7.29. The third kappa shape index (κ3) is 4.58. The van der Waals surface area contributed by atoms with E-state index in [0.717, 1.165) is 11.1 Å². The van der Waals surface area contributed by atoms with E-state index >= 15 is 0 Å². The molecule has 4 heteroatoms. The van der Waals surface area contributed by atoms with Crippen LogP contribution < -0.4 is 10.1 Å². The van der Waals surface area contributed by atoms with Gasteiger partial charge in [0.05, 0.1) is 12.5 Å². The molecule has 0 radical (unpaired) electrons. The van der Waals surface area contributed by atoms with Crippen LogP contribution in [-0.4, -0.2) is 19.1 Å². The molecule has 1 N–H and O–H groups in total. The average molecular weight is 301 g/mol. The predicted molar refractivity (Wildman–Crippen MR) is 84.5 cm³/mol. The molecule has 22 heavy (non-hydrogen) atoms. The van der Waals surface area contributed by atoms with Crippen LogP contribution in [0.5, 0.6) is 5.75 Å². The molecular formula is C18H20FNO2. The quantitative estimate of drug-likeness (QED) is 0.830. The fourth-order valence-electron chi connectivity index (χ4n) is 2.12. The number of nitrogens with one attached hydrogen (secondary N) is 1. The van der Waals surface area contributed by atoms with Gasteiger partial charge in [-0.05, 0) is 43.7 Å². The number of carbonyl (C=O) groups is 1. The minimum Gasteiger partial charge on any atom is -0.492 e. The van der Waals surface area contributed by atoms with Crippen LogP contribution in [0.25, 0.3) is 0 Å². The van der Waals surface area contributed by atoms with E-state index in [1.807, 2.05) is 38.1 Å². The van der Waals surface area contributed by atoms with Gasteiger partial charge in [0.15, 0.2) is 0 Å². The molecule has 0 aliphatic carbocycles. The Bertz CT molecular complexity index is 625. The number of rotatable bonds is 6. The first-order chi connectivity index (χ1) is 10.6. The van der Waals surface area contributed by atoms with Gasteiger partial charge in [0, 0.05) is 0 Å². The van der Waals surface area contributed by atoms with Crippen molar-refractivity contribution in [2.75, 3.05) is 13.2 Å². The largest absolute Gasteiger partial charge is 0.492 e. The van der Waals surface area contributed by atoms with Gasteiger partial charge in [0.2, 0.25) is 5.91 Å². The Morgan fingerprint density at radius 1 is 1.23 bits per heavy atom. The molecule has 3 nitrogen and oxygen atoms in total. The fraction of sp³-hybridized carbons (Fsp3) is 0.278. The van der Waals surface area contributed by atoms with Crippen LogP contribution in [0.2, 0.25) is 0 Å². The second kappa shape index (κ2) is 7.59. The highest BCUT2D eigenvalue weighted by Crippen LogP contribution is 2.16. The van der Waals surface area contributed by atoms with Crippen molar-refractivity contribution in [3.8, 4) is 5.75 Å². The minimum absolute atomic E-state index is 0.0340. The summed E-state index contributed by atoms with van der Waals surface area (Å²) in [5, 5.41) is 2.84. The first kappa shape index (κ1) is 16.0. The Kier molecular flexibility index (Phi) is 5.53. The summed E-state index contributed by atoms with van der Waals surface area (Å²) in [5.74, 6) is 0.0500. The van der Waals surface area contributed by atoms with Gasteiger partial charge in [-0.1, -0.05) is 29.8 Å². The van der Waals surface area contributed by atoms with Crippen molar-refractivity contribution in [1.82, 2.24) is 5.32 Å². The zero-order valence-corrected chi connectivity index (χ0v) is 12.8. The third-order valence-corrected chi connectivity index (χ3v) is 3.42. The van der Waals surface area contributed by atoms with Crippen LogP contribution in [0, 0.1) is 12.7 Å². The topological polar surface area (TPSA) is 38.3 Å². The number of carbonyl (C=O) groups excluding carboxylic acids is 1. The smallest absolute Gasteiger partial charge is 0.227 e. The summed E-state index contributed by atoms with van der Waals surface area (Å²) in [7, 11) is 0. The maximum absolute atomic E-state index is 12.7.